The zero-order valence-electron chi connectivity index (χ0n) is 14.1. The minimum absolute atomic E-state index is 0.000785. The summed E-state index contributed by atoms with van der Waals surface area (Å²) in [5, 5.41) is 2.81. The third-order valence-electron chi connectivity index (χ3n) is 3.66. The van der Waals surface area contributed by atoms with Gasteiger partial charge in [-0.1, -0.05) is 6.07 Å². The van der Waals surface area contributed by atoms with E-state index >= 15 is 0 Å². The van der Waals surface area contributed by atoms with Crippen LogP contribution in [0.5, 0.6) is 0 Å². The van der Waals surface area contributed by atoms with Crippen molar-refractivity contribution in [3.63, 3.8) is 0 Å². The van der Waals surface area contributed by atoms with E-state index in [9.17, 15) is 4.79 Å². The Balaban J connectivity index is 2.17. The molecule has 2 rings (SSSR count). The van der Waals surface area contributed by atoms with Crippen LogP contribution in [0.4, 0.5) is 5.82 Å². The molecule has 6 heteroatoms. The molecule has 0 bridgehead atoms. The highest BCUT2D eigenvalue weighted by atomic mass is 16.1. The Morgan fingerprint density at radius 1 is 1.26 bits per heavy atom. The molecule has 0 radical (unpaired) electrons. The van der Waals surface area contributed by atoms with Crippen molar-refractivity contribution < 1.29 is 4.79 Å². The van der Waals surface area contributed by atoms with E-state index < -0.39 is 0 Å². The van der Waals surface area contributed by atoms with Gasteiger partial charge in [-0.3, -0.25) is 9.78 Å². The summed E-state index contributed by atoms with van der Waals surface area (Å²) in [6.07, 6.45) is 2.60. The van der Waals surface area contributed by atoms with Gasteiger partial charge in [-0.05, 0) is 32.4 Å². The zero-order valence-corrected chi connectivity index (χ0v) is 14.1. The smallest absolute Gasteiger partial charge is 0.216 e. The van der Waals surface area contributed by atoms with Crippen LogP contribution in [0.3, 0.4) is 0 Å². The quantitative estimate of drug-likeness (QED) is 0.827. The number of aryl methyl sites for hydroxylation is 1. The lowest BCUT2D eigenvalue weighted by Crippen LogP contribution is -2.27. The second kappa shape index (κ2) is 7.67. The molecule has 2 aromatic rings. The summed E-state index contributed by atoms with van der Waals surface area (Å²) in [7, 11) is 2.00. The van der Waals surface area contributed by atoms with Gasteiger partial charge in [0, 0.05) is 44.5 Å². The van der Waals surface area contributed by atoms with Crippen LogP contribution in [0.2, 0.25) is 0 Å². The molecular formula is C17H23N5O. The molecule has 2 aromatic heterocycles. The second-order valence-electron chi connectivity index (χ2n) is 5.55. The van der Waals surface area contributed by atoms with Crippen LogP contribution in [-0.2, 0) is 4.79 Å². The van der Waals surface area contributed by atoms with E-state index in [0.717, 1.165) is 35.7 Å². The van der Waals surface area contributed by atoms with Crippen LogP contribution in [0, 0.1) is 13.8 Å². The zero-order chi connectivity index (χ0) is 16.8. The highest BCUT2D eigenvalue weighted by Crippen LogP contribution is 2.22. The number of nitrogens with zero attached hydrogens (tertiary/aromatic N) is 4. The first-order valence-electron chi connectivity index (χ1n) is 7.71. The maximum Gasteiger partial charge on any atom is 0.216 e. The summed E-state index contributed by atoms with van der Waals surface area (Å²) in [5.74, 6) is 1.54. The number of rotatable bonds is 6. The molecule has 0 aliphatic heterocycles. The Kier molecular flexibility index (Phi) is 5.62. The van der Waals surface area contributed by atoms with Gasteiger partial charge in [0.25, 0.3) is 0 Å². The van der Waals surface area contributed by atoms with Crippen LogP contribution in [0.1, 0.15) is 24.6 Å². The first-order valence-corrected chi connectivity index (χ1v) is 7.71. The van der Waals surface area contributed by atoms with E-state index in [4.69, 9.17) is 0 Å². The van der Waals surface area contributed by atoms with E-state index in [2.05, 4.69) is 25.2 Å². The molecular weight excluding hydrogens is 290 g/mol. The topological polar surface area (TPSA) is 71.0 Å². The Labute approximate surface area is 137 Å². The third kappa shape index (κ3) is 4.48. The molecule has 0 atom stereocenters. The first kappa shape index (κ1) is 16.9. The fourth-order valence-corrected chi connectivity index (χ4v) is 2.28. The molecule has 1 N–H and O–H groups in total. The second-order valence-corrected chi connectivity index (χ2v) is 5.55. The number of carbonyl (C=O) groups excluding carboxylic acids is 1. The van der Waals surface area contributed by atoms with Crippen LogP contribution in [0.25, 0.3) is 11.5 Å². The van der Waals surface area contributed by atoms with Gasteiger partial charge in [-0.2, -0.15) is 0 Å². The number of carbonyl (C=O) groups is 1. The maximum atomic E-state index is 10.9. The average Bonchev–Trinajstić information content (AvgIpc) is 2.54. The van der Waals surface area contributed by atoms with Crippen LogP contribution in [0.15, 0.2) is 24.4 Å². The largest absolute Gasteiger partial charge is 0.359 e. The van der Waals surface area contributed by atoms with Gasteiger partial charge in [0.05, 0.1) is 0 Å². The maximum absolute atomic E-state index is 10.9. The minimum Gasteiger partial charge on any atom is -0.359 e. The molecule has 0 fully saturated rings. The van der Waals surface area contributed by atoms with Gasteiger partial charge in [-0.15, -0.1) is 0 Å². The number of hydrogen-bond acceptors (Lipinski definition) is 5. The lowest BCUT2D eigenvalue weighted by molar-refractivity contribution is -0.118. The first-order chi connectivity index (χ1) is 11.0. The summed E-state index contributed by atoms with van der Waals surface area (Å²) in [4.78, 5) is 26.6. The SMILES string of the molecule is CC(=O)NCCCN(C)c1nc(-c2ccccn2)nc(C)c1C. The highest BCUT2D eigenvalue weighted by molar-refractivity contribution is 5.72. The number of amides is 1. The standard InChI is InChI=1S/C17H23N5O/c1-12-13(2)20-16(15-8-5-6-9-19-15)21-17(12)22(4)11-7-10-18-14(3)23/h5-6,8-9H,7,10-11H2,1-4H3,(H,18,23). The van der Waals surface area contributed by atoms with Crippen molar-refractivity contribution in [3.8, 4) is 11.5 Å². The highest BCUT2D eigenvalue weighted by Gasteiger charge is 2.13. The van der Waals surface area contributed by atoms with Crippen molar-refractivity contribution in [2.75, 3.05) is 25.0 Å². The van der Waals surface area contributed by atoms with Gasteiger partial charge in [0.1, 0.15) is 11.5 Å². The van der Waals surface area contributed by atoms with Crippen molar-refractivity contribution >= 4 is 11.7 Å². The normalized spacial score (nSPS) is 10.4. The van der Waals surface area contributed by atoms with Crippen molar-refractivity contribution in [2.45, 2.75) is 27.2 Å². The van der Waals surface area contributed by atoms with E-state index in [1.807, 2.05) is 39.1 Å². The van der Waals surface area contributed by atoms with E-state index in [0.29, 0.717) is 12.4 Å². The van der Waals surface area contributed by atoms with Crippen LogP contribution < -0.4 is 10.2 Å². The fraction of sp³-hybridized carbons (Fsp3) is 0.412. The van der Waals surface area contributed by atoms with Gasteiger partial charge in [0.2, 0.25) is 5.91 Å². The van der Waals surface area contributed by atoms with Crippen molar-refractivity contribution in [2.24, 2.45) is 0 Å². The van der Waals surface area contributed by atoms with E-state index in [1.54, 1.807) is 6.20 Å². The summed E-state index contributed by atoms with van der Waals surface area (Å²) in [5.41, 5.74) is 2.78. The molecule has 0 saturated carbocycles. The third-order valence-corrected chi connectivity index (χ3v) is 3.66. The Morgan fingerprint density at radius 2 is 2.04 bits per heavy atom. The van der Waals surface area contributed by atoms with Gasteiger partial charge >= 0.3 is 0 Å². The summed E-state index contributed by atoms with van der Waals surface area (Å²) < 4.78 is 0. The predicted octanol–water partition coefficient (Wildman–Crippen LogP) is 2.12. The van der Waals surface area contributed by atoms with Crippen molar-refractivity contribution in [1.29, 1.82) is 0 Å². The monoisotopic (exact) mass is 313 g/mol. The lowest BCUT2D eigenvalue weighted by atomic mass is 10.2. The molecule has 0 spiro atoms. The van der Waals surface area contributed by atoms with E-state index in [-0.39, 0.29) is 5.91 Å². The van der Waals surface area contributed by atoms with Crippen LogP contribution >= 0.6 is 0 Å². The van der Waals surface area contributed by atoms with Crippen molar-refractivity contribution in [3.05, 3.63) is 35.7 Å². The number of aromatic nitrogens is 3. The molecule has 23 heavy (non-hydrogen) atoms. The Morgan fingerprint density at radius 3 is 2.70 bits per heavy atom. The molecule has 0 saturated heterocycles. The molecule has 122 valence electrons. The lowest BCUT2D eigenvalue weighted by Gasteiger charge is -2.21. The number of nitrogens with one attached hydrogen (secondary N) is 1. The molecule has 0 unspecified atom stereocenters. The Bertz CT molecular complexity index is 672. The van der Waals surface area contributed by atoms with Crippen molar-refractivity contribution in [1.82, 2.24) is 20.3 Å². The Hall–Kier alpha value is -2.50. The number of pyridine rings is 1. The predicted molar refractivity (Wildman–Crippen MR) is 91.3 cm³/mol. The van der Waals surface area contributed by atoms with Gasteiger partial charge in [-0.25, -0.2) is 9.97 Å². The number of hydrogen-bond donors (Lipinski definition) is 1. The molecule has 0 aliphatic rings. The number of anilines is 1. The fourth-order valence-electron chi connectivity index (χ4n) is 2.28. The van der Waals surface area contributed by atoms with Gasteiger partial charge in [0.15, 0.2) is 5.82 Å². The molecule has 0 aliphatic carbocycles. The molecule has 6 nitrogen and oxygen atoms in total. The molecule has 0 aromatic carbocycles. The molecule has 2 heterocycles. The summed E-state index contributed by atoms with van der Waals surface area (Å²) in [6.45, 7) is 7.01. The van der Waals surface area contributed by atoms with Gasteiger partial charge < -0.3 is 10.2 Å². The average molecular weight is 313 g/mol. The van der Waals surface area contributed by atoms with Crippen LogP contribution in [-0.4, -0.2) is 41.0 Å². The van der Waals surface area contributed by atoms with E-state index in [1.165, 1.54) is 6.92 Å². The summed E-state index contributed by atoms with van der Waals surface area (Å²) >= 11 is 0. The molecule has 1 amide bonds. The summed E-state index contributed by atoms with van der Waals surface area (Å²) in [6, 6.07) is 5.71. The minimum atomic E-state index is -0.000785.